The number of carboxylic acids is 1. The lowest BCUT2D eigenvalue weighted by molar-refractivity contribution is 0.0697. The molecule has 2 aromatic carbocycles. The average molecular weight is 301 g/mol. The predicted molar refractivity (Wildman–Crippen MR) is 81.7 cm³/mol. The van der Waals surface area contributed by atoms with Crippen LogP contribution in [0.1, 0.15) is 21.5 Å². The number of benzene rings is 2. The normalized spacial score (nSPS) is 9.95. The van der Waals surface area contributed by atoms with E-state index in [9.17, 15) is 9.90 Å². The number of halogens is 1. The second-order valence-corrected chi connectivity index (χ2v) is 5.07. The fraction of sp³-hybridized carbons (Fsp3) is 0.125. The summed E-state index contributed by atoms with van der Waals surface area (Å²) in [7, 11) is 1.80. The molecule has 4 nitrogen and oxygen atoms in total. The molecule has 0 bridgehead atoms. The van der Waals surface area contributed by atoms with Crippen LogP contribution in [-0.2, 0) is 6.54 Å². The summed E-state index contributed by atoms with van der Waals surface area (Å²) in [6, 6.07) is 14.1. The molecule has 5 heteroatoms. The molecule has 0 amide bonds. The first-order chi connectivity index (χ1) is 10.0. The first-order valence-corrected chi connectivity index (χ1v) is 6.62. The van der Waals surface area contributed by atoms with Crippen LogP contribution in [0, 0.1) is 11.3 Å². The van der Waals surface area contributed by atoms with Crippen molar-refractivity contribution >= 4 is 23.3 Å². The standard InChI is InChI=1S/C16H13ClN2O2/c1-19(10-12-4-2-3-11(7-12)9-18)15-6-5-13(17)8-14(15)16(20)21/h2-8H,10H2,1H3,(H,20,21). The highest BCUT2D eigenvalue weighted by Gasteiger charge is 2.14. The molecule has 0 aliphatic carbocycles. The van der Waals surface area contributed by atoms with Crippen molar-refractivity contribution in [2.75, 3.05) is 11.9 Å². The molecule has 2 aromatic rings. The zero-order chi connectivity index (χ0) is 15.4. The number of rotatable bonds is 4. The maximum absolute atomic E-state index is 11.3. The number of carbonyl (C=O) groups is 1. The molecule has 0 spiro atoms. The van der Waals surface area contributed by atoms with Crippen LogP contribution in [0.15, 0.2) is 42.5 Å². The fourth-order valence-electron chi connectivity index (χ4n) is 2.11. The van der Waals surface area contributed by atoms with E-state index >= 15 is 0 Å². The van der Waals surface area contributed by atoms with Crippen molar-refractivity contribution in [1.29, 1.82) is 5.26 Å². The predicted octanol–water partition coefficient (Wildman–Crippen LogP) is 3.55. The SMILES string of the molecule is CN(Cc1cccc(C#N)c1)c1ccc(Cl)cc1C(=O)O. The van der Waals surface area contributed by atoms with Crippen molar-refractivity contribution in [3.8, 4) is 6.07 Å². The summed E-state index contributed by atoms with van der Waals surface area (Å²) in [5, 5.41) is 18.5. The fourth-order valence-corrected chi connectivity index (χ4v) is 2.28. The molecular weight excluding hydrogens is 288 g/mol. The first kappa shape index (κ1) is 14.9. The van der Waals surface area contributed by atoms with Crippen molar-refractivity contribution in [1.82, 2.24) is 0 Å². The van der Waals surface area contributed by atoms with Crippen LogP contribution in [0.2, 0.25) is 5.02 Å². The number of hydrogen-bond donors (Lipinski definition) is 1. The molecule has 0 aromatic heterocycles. The Labute approximate surface area is 127 Å². The van der Waals surface area contributed by atoms with Crippen molar-refractivity contribution in [2.45, 2.75) is 6.54 Å². The van der Waals surface area contributed by atoms with E-state index in [1.54, 1.807) is 31.3 Å². The molecule has 106 valence electrons. The summed E-state index contributed by atoms with van der Waals surface area (Å²) in [4.78, 5) is 13.1. The molecule has 0 fully saturated rings. The van der Waals surface area contributed by atoms with Gasteiger partial charge in [-0.3, -0.25) is 0 Å². The van der Waals surface area contributed by atoms with E-state index < -0.39 is 5.97 Å². The van der Waals surface area contributed by atoms with Gasteiger partial charge >= 0.3 is 5.97 Å². The molecule has 0 aliphatic rings. The molecule has 1 N–H and O–H groups in total. The Hall–Kier alpha value is -2.51. The number of aromatic carboxylic acids is 1. The highest BCUT2D eigenvalue weighted by atomic mass is 35.5. The van der Waals surface area contributed by atoms with Gasteiger partial charge in [0.2, 0.25) is 0 Å². The molecule has 0 radical (unpaired) electrons. The number of hydrogen-bond acceptors (Lipinski definition) is 3. The monoisotopic (exact) mass is 300 g/mol. The molecule has 0 unspecified atom stereocenters. The smallest absolute Gasteiger partial charge is 0.337 e. The molecule has 0 saturated heterocycles. The van der Waals surface area contributed by atoms with Crippen LogP contribution in [-0.4, -0.2) is 18.1 Å². The molecule has 0 atom stereocenters. The van der Waals surface area contributed by atoms with Crippen LogP contribution in [0.3, 0.4) is 0 Å². The van der Waals surface area contributed by atoms with E-state index in [0.717, 1.165) is 5.56 Å². The number of anilines is 1. The van der Waals surface area contributed by atoms with Gasteiger partial charge in [-0.1, -0.05) is 23.7 Å². The van der Waals surface area contributed by atoms with Crippen LogP contribution in [0.5, 0.6) is 0 Å². The van der Waals surface area contributed by atoms with Gasteiger partial charge in [0.05, 0.1) is 22.9 Å². The van der Waals surface area contributed by atoms with E-state index in [1.165, 1.54) is 6.07 Å². The van der Waals surface area contributed by atoms with Crippen molar-refractivity contribution in [3.63, 3.8) is 0 Å². The summed E-state index contributed by atoms with van der Waals surface area (Å²) in [5.41, 5.74) is 2.24. The van der Waals surface area contributed by atoms with Crippen LogP contribution in [0.4, 0.5) is 5.69 Å². The highest BCUT2D eigenvalue weighted by molar-refractivity contribution is 6.31. The Morgan fingerprint density at radius 3 is 2.76 bits per heavy atom. The Balaban J connectivity index is 2.30. The third-order valence-electron chi connectivity index (χ3n) is 3.08. The first-order valence-electron chi connectivity index (χ1n) is 6.24. The second kappa shape index (κ2) is 6.29. The van der Waals surface area contributed by atoms with E-state index in [-0.39, 0.29) is 5.56 Å². The minimum atomic E-state index is -1.02. The summed E-state index contributed by atoms with van der Waals surface area (Å²) < 4.78 is 0. The molecule has 0 saturated carbocycles. The van der Waals surface area contributed by atoms with Gasteiger partial charge in [-0.25, -0.2) is 4.79 Å². The molecular formula is C16H13ClN2O2. The van der Waals surface area contributed by atoms with E-state index in [2.05, 4.69) is 6.07 Å². The van der Waals surface area contributed by atoms with Crippen molar-refractivity contribution in [2.24, 2.45) is 0 Å². The summed E-state index contributed by atoms with van der Waals surface area (Å²) >= 11 is 5.85. The Kier molecular flexibility index (Phi) is 4.46. The quantitative estimate of drug-likeness (QED) is 0.938. The number of nitriles is 1. The minimum absolute atomic E-state index is 0.154. The third kappa shape index (κ3) is 3.53. The van der Waals surface area contributed by atoms with Gasteiger partial charge < -0.3 is 10.0 Å². The lowest BCUT2D eigenvalue weighted by atomic mass is 10.1. The van der Waals surface area contributed by atoms with Crippen molar-refractivity contribution in [3.05, 3.63) is 64.2 Å². The third-order valence-corrected chi connectivity index (χ3v) is 3.31. The Bertz CT molecular complexity index is 722. The van der Waals surface area contributed by atoms with Crippen LogP contribution in [0.25, 0.3) is 0 Å². The highest BCUT2D eigenvalue weighted by Crippen LogP contribution is 2.25. The average Bonchev–Trinajstić information content (AvgIpc) is 2.47. The van der Waals surface area contributed by atoms with Gasteiger partial charge in [-0.15, -0.1) is 0 Å². The van der Waals surface area contributed by atoms with Gasteiger partial charge in [0.1, 0.15) is 0 Å². The topological polar surface area (TPSA) is 64.3 Å². The molecule has 2 rings (SSSR count). The molecule has 0 heterocycles. The van der Waals surface area contributed by atoms with Crippen molar-refractivity contribution < 1.29 is 9.90 Å². The molecule has 21 heavy (non-hydrogen) atoms. The lowest BCUT2D eigenvalue weighted by Crippen LogP contribution is -2.19. The lowest BCUT2D eigenvalue weighted by Gasteiger charge is -2.21. The second-order valence-electron chi connectivity index (χ2n) is 4.63. The van der Waals surface area contributed by atoms with Crippen LogP contribution < -0.4 is 4.90 Å². The van der Waals surface area contributed by atoms with E-state index in [0.29, 0.717) is 22.8 Å². The van der Waals surface area contributed by atoms with Gasteiger partial charge in [-0.2, -0.15) is 5.26 Å². The van der Waals surface area contributed by atoms with Gasteiger partial charge in [0.15, 0.2) is 0 Å². The maximum atomic E-state index is 11.3. The number of carboxylic acid groups (broad SMARTS) is 1. The Morgan fingerprint density at radius 1 is 1.33 bits per heavy atom. The van der Waals surface area contributed by atoms with Gasteiger partial charge in [0.25, 0.3) is 0 Å². The number of nitrogens with zero attached hydrogens (tertiary/aromatic N) is 2. The van der Waals surface area contributed by atoms with Gasteiger partial charge in [0, 0.05) is 18.6 Å². The zero-order valence-electron chi connectivity index (χ0n) is 11.4. The largest absolute Gasteiger partial charge is 0.478 e. The van der Waals surface area contributed by atoms with Crippen LogP contribution >= 0.6 is 11.6 Å². The Morgan fingerprint density at radius 2 is 2.10 bits per heavy atom. The van der Waals surface area contributed by atoms with E-state index in [1.807, 2.05) is 17.0 Å². The minimum Gasteiger partial charge on any atom is -0.478 e. The zero-order valence-corrected chi connectivity index (χ0v) is 12.1. The maximum Gasteiger partial charge on any atom is 0.337 e. The summed E-state index contributed by atoms with van der Waals surface area (Å²) in [5.74, 6) is -1.02. The van der Waals surface area contributed by atoms with Gasteiger partial charge in [-0.05, 0) is 35.9 Å². The van der Waals surface area contributed by atoms with E-state index in [4.69, 9.17) is 16.9 Å². The summed E-state index contributed by atoms with van der Waals surface area (Å²) in [6.45, 7) is 0.497. The molecule has 0 aliphatic heterocycles. The summed E-state index contributed by atoms with van der Waals surface area (Å²) in [6.07, 6.45) is 0.